The number of hydrogen-bond acceptors (Lipinski definition) is 7. The molecule has 1 amide bonds. The highest BCUT2D eigenvalue weighted by molar-refractivity contribution is 6.02. The van der Waals surface area contributed by atoms with Gasteiger partial charge in [0.05, 0.1) is 12.3 Å². The van der Waals surface area contributed by atoms with Crippen molar-refractivity contribution < 1.29 is 32.6 Å². The molecule has 10 heteroatoms. The molecule has 1 aromatic heterocycles. The van der Waals surface area contributed by atoms with Crippen molar-refractivity contribution in [2.45, 2.75) is 51.4 Å². The Kier molecular flexibility index (Phi) is 8.54. The van der Waals surface area contributed by atoms with Crippen LogP contribution in [0.15, 0.2) is 60.7 Å². The van der Waals surface area contributed by atoms with Gasteiger partial charge in [-0.25, -0.2) is 4.98 Å². The average Bonchev–Trinajstić information content (AvgIpc) is 3.65. The topological polar surface area (TPSA) is 98.8 Å². The number of hydrogen-bond donors (Lipinski definition) is 2. The third-order valence-corrected chi connectivity index (χ3v) is 6.95. The van der Waals surface area contributed by atoms with E-state index >= 15 is 0 Å². The maximum atomic E-state index is 12.8. The van der Waals surface area contributed by atoms with Gasteiger partial charge in [0.2, 0.25) is 0 Å². The quantitative estimate of drug-likeness (QED) is 0.315. The molecule has 5 rings (SSSR count). The first-order valence-corrected chi connectivity index (χ1v) is 13.3. The van der Waals surface area contributed by atoms with Gasteiger partial charge in [-0.1, -0.05) is 29.8 Å². The van der Waals surface area contributed by atoms with E-state index in [4.69, 9.17) is 9.47 Å². The molecule has 0 bridgehead atoms. The van der Waals surface area contributed by atoms with E-state index in [-0.39, 0.29) is 35.6 Å². The first-order chi connectivity index (χ1) is 19.3. The first kappa shape index (κ1) is 27.5. The van der Waals surface area contributed by atoms with Crippen LogP contribution in [0.1, 0.15) is 52.5 Å². The Bertz CT molecular complexity index is 1350. The standard InChI is InChI=1S/C30H31F2N3O5/c1-18-5-10-22(11-6-18)35-28(36)24-4-2-3-23(34-24)17-39-29(37)25-13-21(15-33-25)20-9-12-26(40-30(31)32)27(14-20)38-16-19-7-8-19/h2-6,9-12,14,19,21,25,30,33H,7-8,13,15-17H2,1H3,(H,35,36)/t21-,25-/m1/s1. The molecule has 2 aromatic carbocycles. The lowest BCUT2D eigenvalue weighted by Gasteiger charge is -2.16. The van der Waals surface area contributed by atoms with Gasteiger partial charge in [-0.3, -0.25) is 9.59 Å². The van der Waals surface area contributed by atoms with Gasteiger partial charge >= 0.3 is 12.6 Å². The summed E-state index contributed by atoms with van der Waals surface area (Å²) in [7, 11) is 0. The van der Waals surface area contributed by atoms with Gasteiger partial charge in [0.25, 0.3) is 5.91 Å². The lowest BCUT2D eigenvalue weighted by Crippen LogP contribution is -2.32. The molecule has 40 heavy (non-hydrogen) atoms. The van der Waals surface area contributed by atoms with Crippen LogP contribution in [0.5, 0.6) is 11.5 Å². The summed E-state index contributed by atoms with van der Waals surface area (Å²) < 4.78 is 41.6. The molecule has 0 spiro atoms. The van der Waals surface area contributed by atoms with E-state index in [0.29, 0.717) is 36.9 Å². The monoisotopic (exact) mass is 551 g/mol. The normalized spacial score (nSPS) is 18.4. The van der Waals surface area contributed by atoms with E-state index in [1.807, 2.05) is 31.2 Å². The maximum absolute atomic E-state index is 12.8. The molecule has 2 N–H and O–H groups in total. The van der Waals surface area contributed by atoms with Crippen molar-refractivity contribution in [1.82, 2.24) is 10.3 Å². The summed E-state index contributed by atoms with van der Waals surface area (Å²) in [5.74, 6) is -0.0809. The van der Waals surface area contributed by atoms with Crippen molar-refractivity contribution in [3.05, 3.63) is 83.2 Å². The van der Waals surface area contributed by atoms with Gasteiger partial charge < -0.3 is 24.8 Å². The zero-order valence-electron chi connectivity index (χ0n) is 22.1. The largest absolute Gasteiger partial charge is 0.489 e. The van der Waals surface area contributed by atoms with E-state index in [2.05, 4.69) is 20.4 Å². The van der Waals surface area contributed by atoms with Gasteiger partial charge in [-0.05, 0) is 80.0 Å². The number of nitrogens with zero attached hydrogens (tertiary/aromatic N) is 1. The minimum absolute atomic E-state index is 0.00333. The smallest absolute Gasteiger partial charge is 0.387 e. The van der Waals surface area contributed by atoms with Crippen molar-refractivity contribution in [2.24, 2.45) is 5.92 Å². The van der Waals surface area contributed by atoms with Crippen LogP contribution in [0.2, 0.25) is 0 Å². The van der Waals surface area contributed by atoms with E-state index in [0.717, 1.165) is 24.0 Å². The third-order valence-electron chi connectivity index (χ3n) is 6.95. The minimum atomic E-state index is -2.95. The summed E-state index contributed by atoms with van der Waals surface area (Å²) in [4.78, 5) is 29.7. The molecule has 2 fully saturated rings. The molecule has 1 aliphatic carbocycles. The van der Waals surface area contributed by atoms with Gasteiger partial charge in [0, 0.05) is 12.2 Å². The predicted molar refractivity (Wildman–Crippen MR) is 144 cm³/mol. The summed E-state index contributed by atoms with van der Waals surface area (Å²) >= 11 is 0. The molecule has 2 heterocycles. The Hall–Kier alpha value is -4.05. The molecule has 1 aliphatic heterocycles. The number of aryl methyl sites for hydroxylation is 1. The highest BCUT2D eigenvalue weighted by Crippen LogP contribution is 2.37. The Labute approximate surface area is 231 Å². The van der Waals surface area contributed by atoms with Crippen LogP contribution in [0.3, 0.4) is 0 Å². The second-order valence-corrected chi connectivity index (χ2v) is 10.2. The number of anilines is 1. The van der Waals surface area contributed by atoms with Crippen LogP contribution in [-0.4, -0.2) is 42.7 Å². The van der Waals surface area contributed by atoms with Crippen LogP contribution in [0, 0.1) is 12.8 Å². The second-order valence-electron chi connectivity index (χ2n) is 10.2. The van der Waals surface area contributed by atoms with Crippen LogP contribution < -0.4 is 20.1 Å². The van der Waals surface area contributed by atoms with E-state index in [1.54, 1.807) is 30.3 Å². The van der Waals surface area contributed by atoms with Crippen LogP contribution in [0.4, 0.5) is 14.5 Å². The SMILES string of the molecule is Cc1ccc(NC(=O)c2cccc(COC(=O)[C@H]3C[C@@H](c4ccc(OC(F)F)c(OCC5CC5)c4)CN3)n2)cc1. The average molecular weight is 552 g/mol. The Balaban J connectivity index is 1.15. The van der Waals surface area contributed by atoms with Gasteiger partial charge in [0.15, 0.2) is 11.5 Å². The molecular formula is C30H31F2N3O5. The minimum Gasteiger partial charge on any atom is -0.489 e. The zero-order valence-corrected chi connectivity index (χ0v) is 22.1. The lowest BCUT2D eigenvalue weighted by molar-refractivity contribution is -0.147. The molecule has 8 nitrogen and oxygen atoms in total. The number of halogens is 2. The van der Waals surface area contributed by atoms with Crippen molar-refractivity contribution in [2.75, 3.05) is 18.5 Å². The molecule has 0 radical (unpaired) electrons. The summed E-state index contributed by atoms with van der Waals surface area (Å²) in [6.45, 7) is -0.0781. The highest BCUT2D eigenvalue weighted by atomic mass is 19.3. The number of alkyl halides is 2. The number of nitrogens with one attached hydrogen (secondary N) is 2. The summed E-state index contributed by atoms with van der Waals surface area (Å²) in [5, 5.41) is 5.98. The van der Waals surface area contributed by atoms with Crippen LogP contribution in [0.25, 0.3) is 0 Å². The number of aromatic nitrogens is 1. The summed E-state index contributed by atoms with van der Waals surface area (Å²) in [6.07, 6.45) is 2.62. The van der Waals surface area contributed by atoms with Crippen molar-refractivity contribution in [3.8, 4) is 11.5 Å². The molecule has 3 aromatic rings. The van der Waals surface area contributed by atoms with Gasteiger partial charge in [-0.2, -0.15) is 8.78 Å². The molecular weight excluding hydrogens is 520 g/mol. The number of ether oxygens (including phenoxy) is 3. The number of benzene rings is 2. The van der Waals surface area contributed by atoms with Crippen LogP contribution >= 0.6 is 0 Å². The Morgan fingerprint density at radius 1 is 1.07 bits per heavy atom. The third kappa shape index (κ3) is 7.32. The first-order valence-electron chi connectivity index (χ1n) is 13.3. The number of pyridine rings is 1. The van der Waals surface area contributed by atoms with Crippen molar-refractivity contribution in [1.29, 1.82) is 0 Å². The van der Waals surface area contributed by atoms with Crippen molar-refractivity contribution >= 4 is 17.6 Å². The molecule has 1 saturated heterocycles. The molecule has 2 aliphatic rings. The Morgan fingerprint density at radius 3 is 2.62 bits per heavy atom. The van der Waals surface area contributed by atoms with Crippen molar-refractivity contribution in [3.63, 3.8) is 0 Å². The van der Waals surface area contributed by atoms with E-state index in [1.165, 1.54) is 6.07 Å². The fourth-order valence-corrected chi connectivity index (χ4v) is 4.51. The van der Waals surface area contributed by atoms with Gasteiger partial charge in [-0.15, -0.1) is 0 Å². The zero-order chi connectivity index (χ0) is 28.1. The van der Waals surface area contributed by atoms with Gasteiger partial charge in [0.1, 0.15) is 18.3 Å². The predicted octanol–water partition coefficient (Wildman–Crippen LogP) is 5.22. The summed E-state index contributed by atoms with van der Waals surface area (Å²) in [5.41, 5.74) is 3.28. The number of amides is 1. The highest BCUT2D eigenvalue weighted by Gasteiger charge is 2.32. The molecule has 210 valence electrons. The van der Waals surface area contributed by atoms with E-state index < -0.39 is 18.6 Å². The second kappa shape index (κ2) is 12.4. The number of rotatable bonds is 11. The lowest BCUT2D eigenvalue weighted by atomic mass is 9.96. The molecule has 2 atom stereocenters. The fourth-order valence-electron chi connectivity index (χ4n) is 4.51. The maximum Gasteiger partial charge on any atom is 0.387 e. The molecule has 0 unspecified atom stereocenters. The Morgan fingerprint density at radius 2 is 1.88 bits per heavy atom. The number of esters is 1. The fraction of sp³-hybridized carbons (Fsp3) is 0.367. The number of carbonyl (C=O) groups excluding carboxylic acids is 2. The summed E-state index contributed by atoms with van der Waals surface area (Å²) in [6, 6.07) is 16.8. The number of carbonyl (C=O) groups is 2. The van der Waals surface area contributed by atoms with Crippen LogP contribution in [-0.2, 0) is 16.1 Å². The molecule has 1 saturated carbocycles. The van der Waals surface area contributed by atoms with E-state index in [9.17, 15) is 18.4 Å².